The minimum absolute atomic E-state index is 0.113. The molecule has 3 nitrogen and oxygen atoms in total. The normalized spacial score (nSPS) is 10.5. The van der Waals surface area contributed by atoms with Crippen LogP contribution >= 0.6 is 0 Å². The van der Waals surface area contributed by atoms with Gasteiger partial charge in [0.1, 0.15) is 23.1 Å². The van der Waals surface area contributed by atoms with E-state index < -0.39 is 11.6 Å². The molecule has 0 amide bonds. The Balaban J connectivity index is 2.13. The summed E-state index contributed by atoms with van der Waals surface area (Å²) < 4.78 is 28.6. The summed E-state index contributed by atoms with van der Waals surface area (Å²) in [4.78, 5) is 4.12. The van der Waals surface area contributed by atoms with Gasteiger partial charge in [-0.15, -0.1) is 0 Å². The molecule has 2 rings (SSSR count). The molecule has 1 heterocycles. The molecule has 0 fully saturated rings. The topological polar surface area (TPSA) is 29.9 Å². The molecule has 0 atom stereocenters. The maximum absolute atomic E-state index is 13.3. The Bertz CT molecular complexity index is 488. The van der Waals surface area contributed by atoms with Gasteiger partial charge in [0.25, 0.3) is 0 Å². The van der Waals surface area contributed by atoms with Gasteiger partial charge in [0.05, 0.1) is 6.54 Å². The maximum atomic E-state index is 13.3. The van der Waals surface area contributed by atoms with E-state index in [2.05, 4.69) is 10.3 Å². The fraction of sp³-hybridized carbons (Fsp3) is 0.250. The van der Waals surface area contributed by atoms with Gasteiger partial charge in [0.2, 0.25) is 0 Å². The lowest BCUT2D eigenvalue weighted by molar-refractivity contribution is 0.586. The summed E-state index contributed by atoms with van der Waals surface area (Å²) in [6.45, 7) is 3.05. The predicted octanol–water partition coefficient (Wildman–Crippen LogP) is 2.79. The van der Waals surface area contributed by atoms with Crippen LogP contribution in [-0.4, -0.2) is 9.55 Å². The number of benzene rings is 1. The van der Waals surface area contributed by atoms with Crippen molar-refractivity contribution >= 4 is 5.69 Å². The van der Waals surface area contributed by atoms with Gasteiger partial charge in [0, 0.05) is 18.9 Å². The van der Waals surface area contributed by atoms with Crippen LogP contribution in [-0.2, 0) is 13.1 Å². The van der Waals surface area contributed by atoms with Crippen molar-refractivity contribution in [2.75, 3.05) is 5.32 Å². The number of para-hydroxylation sites is 1. The Hall–Kier alpha value is -1.91. The quantitative estimate of drug-likeness (QED) is 0.886. The Labute approximate surface area is 98.1 Å². The van der Waals surface area contributed by atoms with Crippen LogP contribution in [0.2, 0.25) is 0 Å². The molecule has 0 aliphatic carbocycles. The van der Waals surface area contributed by atoms with E-state index in [0.717, 1.165) is 12.4 Å². The van der Waals surface area contributed by atoms with E-state index in [-0.39, 0.29) is 5.69 Å². The summed E-state index contributed by atoms with van der Waals surface area (Å²) in [7, 11) is 0. The lowest BCUT2D eigenvalue weighted by Gasteiger charge is -2.09. The maximum Gasteiger partial charge on any atom is 0.149 e. The average molecular weight is 237 g/mol. The molecule has 0 saturated carbocycles. The van der Waals surface area contributed by atoms with Crippen LogP contribution in [0.15, 0.2) is 30.6 Å². The highest BCUT2D eigenvalue weighted by molar-refractivity contribution is 5.46. The number of imidazole rings is 1. The van der Waals surface area contributed by atoms with Crippen LogP contribution in [0.4, 0.5) is 14.5 Å². The van der Waals surface area contributed by atoms with E-state index in [9.17, 15) is 8.78 Å². The van der Waals surface area contributed by atoms with E-state index >= 15 is 0 Å². The SMILES string of the molecule is CCn1ccnc1CNc1c(F)cccc1F. The zero-order valence-electron chi connectivity index (χ0n) is 9.45. The Morgan fingerprint density at radius 1 is 1.29 bits per heavy atom. The van der Waals surface area contributed by atoms with Crippen molar-refractivity contribution in [2.45, 2.75) is 20.0 Å². The highest BCUT2D eigenvalue weighted by atomic mass is 19.1. The van der Waals surface area contributed by atoms with Gasteiger partial charge in [-0.1, -0.05) is 6.07 Å². The molecular weight excluding hydrogens is 224 g/mol. The van der Waals surface area contributed by atoms with E-state index in [4.69, 9.17) is 0 Å². The van der Waals surface area contributed by atoms with E-state index in [1.54, 1.807) is 6.20 Å². The number of nitrogens with zero attached hydrogens (tertiary/aromatic N) is 2. The number of hydrogen-bond donors (Lipinski definition) is 1. The average Bonchev–Trinajstić information content (AvgIpc) is 2.76. The zero-order valence-corrected chi connectivity index (χ0v) is 9.45. The molecule has 0 radical (unpaired) electrons. The van der Waals surface area contributed by atoms with Gasteiger partial charge in [-0.2, -0.15) is 0 Å². The summed E-state index contributed by atoms with van der Waals surface area (Å²) in [6.07, 6.45) is 3.49. The summed E-state index contributed by atoms with van der Waals surface area (Å²) in [5.41, 5.74) is -0.113. The largest absolute Gasteiger partial charge is 0.373 e. The highest BCUT2D eigenvalue weighted by Gasteiger charge is 2.08. The van der Waals surface area contributed by atoms with E-state index in [1.807, 2.05) is 17.7 Å². The van der Waals surface area contributed by atoms with Crippen LogP contribution in [0.1, 0.15) is 12.7 Å². The van der Waals surface area contributed by atoms with Crippen LogP contribution in [0.3, 0.4) is 0 Å². The van der Waals surface area contributed by atoms with Crippen molar-refractivity contribution in [3.8, 4) is 0 Å². The minimum atomic E-state index is -0.598. The summed E-state index contributed by atoms with van der Waals surface area (Å²) in [5, 5.41) is 2.72. The van der Waals surface area contributed by atoms with Crippen molar-refractivity contribution in [1.82, 2.24) is 9.55 Å². The second-order valence-corrected chi connectivity index (χ2v) is 3.58. The molecule has 2 aromatic rings. The van der Waals surface area contributed by atoms with Gasteiger partial charge in [-0.05, 0) is 19.1 Å². The molecule has 5 heteroatoms. The fourth-order valence-electron chi connectivity index (χ4n) is 1.63. The molecule has 17 heavy (non-hydrogen) atoms. The molecule has 0 aliphatic rings. The Morgan fingerprint density at radius 3 is 2.65 bits per heavy atom. The van der Waals surface area contributed by atoms with Crippen molar-refractivity contribution in [3.05, 3.63) is 48.1 Å². The number of anilines is 1. The standard InChI is InChI=1S/C12H13F2N3/c1-2-17-7-6-15-11(17)8-16-12-9(13)4-3-5-10(12)14/h3-7,16H,2,8H2,1H3. The molecule has 1 aromatic heterocycles. The fourth-order valence-corrected chi connectivity index (χ4v) is 1.63. The first-order valence-corrected chi connectivity index (χ1v) is 5.40. The minimum Gasteiger partial charge on any atom is -0.373 e. The number of halogens is 2. The number of aryl methyl sites for hydroxylation is 1. The molecular formula is C12H13F2N3. The van der Waals surface area contributed by atoms with Crippen molar-refractivity contribution in [2.24, 2.45) is 0 Å². The number of rotatable bonds is 4. The van der Waals surface area contributed by atoms with Gasteiger partial charge in [-0.3, -0.25) is 0 Å². The van der Waals surface area contributed by atoms with Gasteiger partial charge < -0.3 is 9.88 Å². The summed E-state index contributed by atoms with van der Waals surface area (Å²) >= 11 is 0. The molecule has 0 bridgehead atoms. The molecule has 1 N–H and O–H groups in total. The third kappa shape index (κ3) is 2.43. The first-order chi connectivity index (χ1) is 8.22. The zero-order chi connectivity index (χ0) is 12.3. The summed E-state index contributed by atoms with van der Waals surface area (Å²) in [5.74, 6) is -0.450. The molecule has 0 spiro atoms. The van der Waals surface area contributed by atoms with Gasteiger partial charge in [-0.25, -0.2) is 13.8 Å². The van der Waals surface area contributed by atoms with Crippen LogP contribution < -0.4 is 5.32 Å². The van der Waals surface area contributed by atoms with Crippen molar-refractivity contribution in [3.63, 3.8) is 0 Å². The molecule has 90 valence electrons. The highest BCUT2D eigenvalue weighted by Crippen LogP contribution is 2.18. The third-order valence-electron chi connectivity index (χ3n) is 2.53. The van der Waals surface area contributed by atoms with Crippen LogP contribution in [0.25, 0.3) is 0 Å². The van der Waals surface area contributed by atoms with Crippen molar-refractivity contribution in [1.29, 1.82) is 0 Å². The van der Waals surface area contributed by atoms with Crippen LogP contribution in [0.5, 0.6) is 0 Å². The van der Waals surface area contributed by atoms with Gasteiger partial charge in [0.15, 0.2) is 0 Å². The van der Waals surface area contributed by atoms with E-state index in [0.29, 0.717) is 6.54 Å². The predicted molar refractivity (Wildman–Crippen MR) is 61.6 cm³/mol. The Morgan fingerprint density at radius 2 is 2.00 bits per heavy atom. The first-order valence-electron chi connectivity index (χ1n) is 5.40. The Kier molecular flexibility index (Phi) is 3.37. The molecule has 1 aromatic carbocycles. The second kappa shape index (κ2) is 4.95. The number of aromatic nitrogens is 2. The van der Waals surface area contributed by atoms with Crippen LogP contribution in [0, 0.1) is 11.6 Å². The van der Waals surface area contributed by atoms with Gasteiger partial charge >= 0.3 is 0 Å². The van der Waals surface area contributed by atoms with Crippen molar-refractivity contribution < 1.29 is 8.78 Å². The number of nitrogens with one attached hydrogen (secondary N) is 1. The molecule has 0 saturated heterocycles. The lowest BCUT2D eigenvalue weighted by atomic mass is 10.3. The molecule has 0 aliphatic heterocycles. The lowest BCUT2D eigenvalue weighted by Crippen LogP contribution is -2.09. The monoisotopic (exact) mass is 237 g/mol. The van der Waals surface area contributed by atoms with E-state index in [1.165, 1.54) is 18.2 Å². The summed E-state index contributed by atoms with van der Waals surface area (Å²) in [6, 6.07) is 3.78. The number of hydrogen-bond acceptors (Lipinski definition) is 2. The second-order valence-electron chi connectivity index (χ2n) is 3.58. The third-order valence-corrected chi connectivity index (χ3v) is 2.53. The smallest absolute Gasteiger partial charge is 0.149 e. The first kappa shape index (κ1) is 11.6. The molecule has 0 unspecified atom stereocenters.